The lowest BCUT2D eigenvalue weighted by Crippen LogP contribution is -2.59. The molecule has 0 amide bonds. The molecule has 2 unspecified atom stereocenters. The van der Waals surface area contributed by atoms with Gasteiger partial charge in [0.15, 0.2) is 0 Å². The highest BCUT2D eigenvalue weighted by Crippen LogP contribution is 2.32. The van der Waals surface area contributed by atoms with Gasteiger partial charge in [0.2, 0.25) is 0 Å². The summed E-state index contributed by atoms with van der Waals surface area (Å²) >= 11 is 0. The highest BCUT2D eigenvalue weighted by Gasteiger charge is 2.40. The number of rotatable bonds is 3. The molecule has 0 aromatic heterocycles. The standard InChI is InChI=1S/C13H23N3/c1-2-3-7-15-13(11-14)6-9-16-8-4-5-12(16)10-13/h12,15H,4-11,14H2,1H3. The fraction of sp³-hybridized carbons (Fsp3) is 0.846. The van der Waals surface area contributed by atoms with Crippen molar-refractivity contribution in [2.75, 3.05) is 26.2 Å². The molecule has 3 N–H and O–H groups in total. The first-order valence-corrected chi connectivity index (χ1v) is 6.38. The summed E-state index contributed by atoms with van der Waals surface area (Å²) < 4.78 is 0. The van der Waals surface area contributed by atoms with Crippen molar-refractivity contribution in [2.45, 2.75) is 44.2 Å². The Morgan fingerprint density at radius 1 is 1.50 bits per heavy atom. The van der Waals surface area contributed by atoms with Crippen LogP contribution in [0.5, 0.6) is 0 Å². The second kappa shape index (κ2) is 5.18. The van der Waals surface area contributed by atoms with Crippen LogP contribution in [-0.2, 0) is 0 Å². The first-order valence-electron chi connectivity index (χ1n) is 6.38. The molecular formula is C13H23N3. The molecule has 0 aliphatic carbocycles. The summed E-state index contributed by atoms with van der Waals surface area (Å²) in [5.74, 6) is 6.02. The van der Waals surface area contributed by atoms with Gasteiger partial charge in [-0.2, -0.15) is 0 Å². The van der Waals surface area contributed by atoms with Crippen molar-refractivity contribution in [3.8, 4) is 11.8 Å². The minimum Gasteiger partial charge on any atom is -0.329 e. The molecule has 2 aliphatic rings. The van der Waals surface area contributed by atoms with Crippen molar-refractivity contribution >= 4 is 0 Å². The van der Waals surface area contributed by atoms with Gasteiger partial charge < -0.3 is 10.6 Å². The summed E-state index contributed by atoms with van der Waals surface area (Å²) in [5, 5.41) is 3.57. The Hall–Kier alpha value is -0.560. The van der Waals surface area contributed by atoms with E-state index in [0.717, 1.165) is 19.1 Å². The monoisotopic (exact) mass is 221 g/mol. The number of nitrogens with one attached hydrogen (secondary N) is 1. The van der Waals surface area contributed by atoms with Gasteiger partial charge in [0.1, 0.15) is 0 Å². The van der Waals surface area contributed by atoms with Crippen molar-refractivity contribution in [2.24, 2.45) is 5.73 Å². The average molecular weight is 221 g/mol. The summed E-state index contributed by atoms with van der Waals surface area (Å²) in [6, 6.07) is 0.763. The van der Waals surface area contributed by atoms with Crippen molar-refractivity contribution in [1.29, 1.82) is 0 Å². The lowest BCUT2D eigenvalue weighted by atomic mass is 9.83. The third-order valence-electron chi connectivity index (χ3n) is 4.12. The molecule has 3 heteroatoms. The fourth-order valence-corrected chi connectivity index (χ4v) is 3.07. The smallest absolute Gasteiger partial charge is 0.0581 e. The topological polar surface area (TPSA) is 41.3 Å². The van der Waals surface area contributed by atoms with Crippen LogP contribution in [0.2, 0.25) is 0 Å². The maximum Gasteiger partial charge on any atom is 0.0581 e. The van der Waals surface area contributed by atoms with Crippen LogP contribution in [-0.4, -0.2) is 42.7 Å². The maximum atomic E-state index is 5.97. The van der Waals surface area contributed by atoms with Crippen LogP contribution < -0.4 is 11.1 Å². The molecule has 2 fully saturated rings. The highest BCUT2D eigenvalue weighted by molar-refractivity contribution is 5.04. The van der Waals surface area contributed by atoms with Gasteiger partial charge in [-0.25, -0.2) is 0 Å². The predicted octanol–water partition coefficient (Wildman–Crippen LogP) is 0.555. The van der Waals surface area contributed by atoms with E-state index in [4.69, 9.17) is 5.73 Å². The molecule has 2 saturated heterocycles. The minimum atomic E-state index is 0.148. The van der Waals surface area contributed by atoms with Crippen LogP contribution in [0, 0.1) is 11.8 Å². The van der Waals surface area contributed by atoms with Crippen LogP contribution in [0.25, 0.3) is 0 Å². The molecule has 0 aromatic rings. The van der Waals surface area contributed by atoms with Gasteiger partial charge >= 0.3 is 0 Å². The maximum absolute atomic E-state index is 5.97. The zero-order valence-corrected chi connectivity index (χ0v) is 10.3. The molecule has 3 nitrogen and oxygen atoms in total. The Morgan fingerprint density at radius 2 is 2.38 bits per heavy atom. The Kier molecular flexibility index (Phi) is 3.86. The van der Waals surface area contributed by atoms with Gasteiger partial charge in [-0.3, -0.25) is 5.32 Å². The molecule has 2 heterocycles. The van der Waals surface area contributed by atoms with Crippen molar-refractivity contribution in [1.82, 2.24) is 10.2 Å². The second-order valence-electron chi connectivity index (χ2n) is 5.05. The van der Waals surface area contributed by atoms with E-state index in [9.17, 15) is 0 Å². The molecule has 0 aromatic carbocycles. The van der Waals surface area contributed by atoms with E-state index in [2.05, 4.69) is 22.1 Å². The molecule has 0 saturated carbocycles. The minimum absolute atomic E-state index is 0.148. The zero-order chi connectivity index (χ0) is 11.4. The van der Waals surface area contributed by atoms with Crippen LogP contribution in [0.3, 0.4) is 0 Å². The van der Waals surface area contributed by atoms with E-state index in [1.54, 1.807) is 0 Å². The van der Waals surface area contributed by atoms with Gasteiger partial charge in [0.05, 0.1) is 6.54 Å². The van der Waals surface area contributed by atoms with Gasteiger partial charge in [-0.15, -0.1) is 5.92 Å². The normalized spacial score (nSPS) is 34.2. The summed E-state index contributed by atoms with van der Waals surface area (Å²) in [7, 11) is 0. The summed E-state index contributed by atoms with van der Waals surface area (Å²) in [6.07, 6.45) is 5.09. The summed E-state index contributed by atoms with van der Waals surface area (Å²) in [5.41, 5.74) is 6.12. The molecule has 0 bridgehead atoms. The average Bonchev–Trinajstić information content (AvgIpc) is 2.76. The number of hydrogen-bond acceptors (Lipinski definition) is 3. The van der Waals surface area contributed by atoms with Gasteiger partial charge in [-0.1, -0.05) is 5.92 Å². The van der Waals surface area contributed by atoms with Crippen molar-refractivity contribution in [3.63, 3.8) is 0 Å². The molecule has 16 heavy (non-hydrogen) atoms. The predicted molar refractivity (Wildman–Crippen MR) is 67.1 cm³/mol. The highest BCUT2D eigenvalue weighted by atomic mass is 15.2. The quantitative estimate of drug-likeness (QED) is 0.684. The van der Waals surface area contributed by atoms with E-state index in [1.165, 1.54) is 38.8 Å². The van der Waals surface area contributed by atoms with Gasteiger partial charge in [-0.05, 0) is 39.2 Å². The number of fused-ring (bicyclic) bond motifs is 1. The van der Waals surface area contributed by atoms with E-state index in [0.29, 0.717) is 0 Å². The SMILES string of the molecule is CC#CCNC1(CN)CCN2CCCC2C1. The number of nitrogens with two attached hydrogens (primary N) is 1. The number of hydrogen-bond donors (Lipinski definition) is 2. The van der Waals surface area contributed by atoms with E-state index in [-0.39, 0.29) is 5.54 Å². The summed E-state index contributed by atoms with van der Waals surface area (Å²) in [4.78, 5) is 2.63. The Labute approximate surface area is 98.8 Å². The third-order valence-corrected chi connectivity index (χ3v) is 4.12. The Balaban J connectivity index is 1.95. The van der Waals surface area contributed by atoms with Crippen LogP contribution in [0.4, 0.5) is 0 Å². The van der Waals surface area contributed by atoms with Crippen LogP contribution in [0.1, 0.15) is 32.6 Å². The molecule has 0 radical (unpaired) electrons. The number of nitrogens with zero attached hydrogens (tertiary/aromatic N) is 1. The van der Waals surface area contributed by atoms with Gasteiger partial charge in [0, 0.05) is 24.7 Å². The van der Waals surface area contributed by atoms with Crippen LogP contribution >= 0.6 is 0 Å². The zero-order valence-electron chi connectivity index (χ0n) is 10.3. The van der Waals surface area contributed by atoms with Gasteiger partial charge in [0.25, 0.3) is 0 Å². The summed E-state index contributed by atoms with van der Waals surface area (Å²) in [6.45, 7) is 5.90. The Morgan fingerprint density at radius 3 is 3.12 bits per heavy atom. The van der Waals surface area contributed by atoms with Crippen molar-refractivity contribution in [3.05, 3.63) is 0 Å². The molecule has 2 rings (SSSR count). The lowest BCUT2D eigenvalue weighted by molar-refractivity contribution is 0.114. The number of piperidine rings is 1. The third kappa shape index (κ3) is 2.40. The molecule has 0 spiro atoms. The molecule has 2 aliphatic heterocycles. The molecule has 90 valence electrons. The molecule has 2 atom stereocenters. The van der Waals surface area contributed by atoms with Crippen molar-refractivity contribution < 1.29 is 0 Å². The Bertz CT molecular complexity index is 291. The first-order chi connectivity index (χ1) is 7.79. The first kappa shape index (κ1) is 11.9. The molecular weight excluding hydrogens is 198 g/mol. The van der Waals surface area contributed by atoms with E-state index < -0.39 is 0 Å². The largest absolute Gasteiger partial charge is 0.329 e. The lowest BCUT2D eigenvalue weighted by Gasteiger charge is -2.44. The fourth-order valence-electron chi connectivity index (χ4n) is 3.07. The second-order valence-corrected chi connectivity index (χ2v) is 5.05. The van der Waals surface area contributed by atoms with E-state index >= 15 is 0 Å². The van der Waals surface area contributed by atoms with Crippen LogP contribution in [0.15, 0.2) is 0 Å². The van der Waals surface area contributed by atoms with E-state index in [1.807, 2.05) is 6.92 Å².